The molecule has 1 N–H and O–H groups in total. The van der Waals surface area contributed by atoms with Gasteiger partial charge in [-0.25, -0.2) is 8.78 Å². The molecule has 3 atom stereocenters. The van der Waals surface area contributed by atoms with Crippen LogP contribution in [0.1, 0.15) is 17.0 Å². The molecule has 0 aromatic heterocycles. The van der Waals surface area contributed by atoms with Crippen molar-refractivity contribution in [1.29, 1.82) is 0 Å². The van der Waals surface area contributed by atoms with Crippen LogP contribution in [0.25, 0.3) is 11.1 Å². The SMILES string of the molecule is O=C1CN(Cc2ccc(F)cc2)C[C@H]2[C@@H](c3ccc(-c4ccccc4F)cc3)[C@@H](CO)N12. The second kappa shape index (κ2) is 8.45. The lowest BCUT2D eigenvalue weighted by atomic mass is 9.73. The average Bonchev–Trinajstić information content (AvgIpc) is 2.78. The third-order valence-corrected chi connectivity index (χ3v) is 6.62. The van der Waals surface area contributed by atoms with Gasteiger partial charge in [0.2, 0.25) is 5.91 Å². The van der Waals surface area contributed by atoms with E-state index in [0.717, 1.165) is 16.7 Å². The Bertz CT molecular complexity index is 1120. The summed E-state index contributed by atoms with van der Waals surface area (Å²) in [5.41, 5.74) is 3.32. The van der Waals surface area contributed by atoms with Gasteiger partial charge < -0.3 is 10.0 Å². The minimum atomic E-state index is -0.279. The summed E-state index contributed by atoms with van der Waals surface area (Å²) in [6, 6.07) is 20.4. The Morgan fingerprint density at radius 1 is 0.938 bits per heavy atom. The molecule has 3 aromatic carbocycles. The maximum Gasteiger partial charge on any atom is 0.237 e. The molecule has 2 aliphatic rings. The van der Waals surface area contributed by atoms with Gasteiger partial charge in [-0.15, -0.1) is 0 Å². The van der Waals surface area contributed by atoms with Crippen LogP contribution in [-0.2, 0) is 11.3 Å². The van der Waals surface area contributed by atoms with Crippen molar-refractivity contribution >= 4 is 5.91 Å². The highest BCUT2D eigenvalue weighted by Gasteiger charge is 2.53. The number of benzene rings is 3. The van der Waals surface area contributed by atoms with Gasteiger partial charge in [-0.05, 0) is 34.9 Å². The van der Waals surface area contributed by atoms with E-state index in [1.165, 1.54) is 18.2 Å². The van der Waals surface area contributed by atoms with Crippen molar-refractivity contribution in [3.8, 4) is 11.1 Å². The lowest BCUT2D eigenvalue weighted by molar-refractivity contribution is -0.162. The van der Waals surface area contributed by atoms with Gasteiger partial charge in [0.05, 0.1) is 25.2 Å². The van der Waals surface area contributed by atoms with E-state index < -0.39 is 0 Å². The number of hydrogen-bond donors (Lipinski definition) is 1. The van der Waals surface area contributed by atoms with Crippen LogP contribution in [0, 0.1) is 11.6 Å². The van der Waals surface area contributed by atoms with Crippen molar-refractivity contribution in [2.24, 2.45) is 0 Å². The summed E-state index contributed by atoms with van der Waals surface area (Å²) < 4.78 is 27.3. The van der Waals surface area contributed by atoms with Crippen LogP contribution in [0.15, 0.2) is 72.8 Å². The molecule has 4 nitrogen and oxygen atoms in total. The van der Waals surface area contributed by atoms with Gasteiger partial charge in [-0.1, -0.05) is 54.6 Å². The van der Waals surface area contributed by atoms with E-state index in [9.17, 15) is 18.7 Å². The molecule has 6 heteroatoms. The second-order valence-electron chi connectivity index (χ2n) is 8.54. The third kappa shape index (κ3) is 3.70. The van der Waals surface area contributed by atoms with Crippen molar-refractivity contribution in [2.75, 3.05) is 19.7 Å². The smallest absolute Gasteiger partial charge is 0.237 e. The van der Waals surface area contributed by atoms with Crippen LogP contribution in [0.2, 0.25) is 0 Å². The zero-order valence-corrected chi connectivity index (χ0v) is 17.5. The number of amides is 1. The summed E-state index contributed by atoms with van der Waals surface area (Å²) in [6.07, 6.45) is 0. The van der Waals surface area contributed by atoms with Gasteiger partial charge in [0, 0.05) is 24.6 Å². The molecular formula is C26H24F2N2O2. The molecule has 5 rings (SSSR count). The van der Waals surface area contributed by atoms with E-state index in [4.69, 9.17) is 0 Å². The number of piperazine rings is 1. The highest BCUT2D eigenvalue weighted by molar-refractivity contribution is 5.81. The van der Waals surface area contributed by atoms with E-state index in [1.54, 1.807) is 35.2 Å². The normalized spacial score (nSPS) is 23.0. The summed E-state index contributed by atoms with van der Waals surface area (Å²) in [7, 11) is 0. The maximum absolute atomic E-state index is 14.1. The zero-order chi connectivity index (χ0) is 22.2. The van der Waals surface area contributed by atoms with Gasteiger partial charge in [0.25, 0.3) is 0 Å². The largest absolute Gasteiger partial charge is 0.394 e. The topological polar surface area (TPSA) is 43.8 Å². The average molecular weight is 434 g/mol. The number of aliphatic hydroxyl groups excluding tert-OH is 1. The molecule has 0 bridgehead atoms. The molecule has 164 valence electrons. The number of nitrogens with zero attached hydrogens (tertiary/aromatic N) is 2. The molecule has 0 radical (unpaired) electrons. The minimum Gasteiger partial charge on any atom is -0.394 e. The quantitative estimate of drug-likeness (QED) is 0.664. The fourth-order valence-corrected chi connectivity index (χ4v) is 5.11. The number of carbonyl (C=O) groups excluding carboxylic acids is 1. The summed E-state index contributed by atoms with van der Waals surface area (Å²) in [5.74, 6) is -0.535. The number of fused-ring (bicyclic) bond motifs is 1. The Hall–Kier alpha value is -3.09. The molecule has 3 aromatic rings. The van der Waals surface area contributed by atoms with E-state index in [1.807, 2.05) is 24.3 Å². The molecule has 2 saturated heterocycles. The molecule has 2 heterocycles. The number of rotatable bonds is 5. The van der Waals surface area contributed by atoms with E-state index in [2.05, 4.69) is 4.90 Å². The Morgan fingerprint density at radius 3 is 2.34 bits per heavy atom. The van der Waals surface area contributed by atoms with Gasteiger partial charge >= 0.3 is 0 Å². The fraction of sp³-hybridized carbons (Fsp3) is 0.269. The van der Waals surface area contributed by atoms with Crippen molar-refractivity contribution in [3.63, 3.8) is 0 Å². The molecular weight excluding hydrogens is 410 g/mol. The molecule has 0 unspecified atom stereocenters. The molecule has 32 heavy (non-hydrogen) atoms. The van der Waals surface area contributed by atoms with Crippen molar-refractivity contribution in [3.05, 3.63) is 95.6 Å². The van der Waals surface area contributed by atoms with Gasteiger partial charge in [-0.3, -0.25) is 9.69 Å². The first-order valence-electron chi connectivity index (χ1n) is 10.8. The van der Waals surface area contributed by atoms with Crippen LogP contribution in [0.3, 0.4) is 0 Å². The van der Waals surface area contributed by atoms with Gasteiger partial charge in [0.1, 0.15) is 11.6 Å². The third-order valence-electron chi connectivity index (χ3n) is 6.62. The standard InChI is InChI=1S/C26H24F2N2O2/c27-20-11-5-17(6-12-20)13-29-14-23-26(24(16-31)30(23)25(32)15-29)19-9-7-18(8-10-19)21-3-1-2-4-22(21)28/h1-12,23-24,26,31H,13-16H2/t23-,24+,26+/m0/s1. The highest BCUT2D eigenvalue weighted by Crippen LogP contribution is 2.43. The number of halogens is 2. The lowest BCUT2D eigenvalue weighted by Crippen LogP contribution is -2.72. The van der Waals surface area contributed by atoms with Crippen LogP contribution in [-0.4, -0.2) is 52.6 Å². The van der Waals surface area contributed by atoms with Crippen molar-refractivity contribution in [2.45, 2.75) is 24.5 Å². The van der Waals surface area contributed by atoms with E-state index in [-0.39, 0.29) is 48.7 Å². The first-order valence-corrected chi connectivity index (χ1v) is 10.8. The fourth-order valence-electron chi connectivity index (χ4n) is 5.11. The molecule has 1 amide bonds. The first-order chi connectivity index (χ1) is 15.5. The predicted octanol–water partition coefficient (Wildman–Crippen LogP) is 3.80. The molecule has 0 saturated carbocycles. The number of aliphatic hydroxyl groups is 1. The molecule has 2 aliphatic heterocycles. The molecule has 0 aliphatic carbocycles. The maximum atomic E-state index is 14.1. The van der Waals surface area contributed by atoms with E-state index >= 15 is 0 Å². The molecule has 2 fully saturated rings. The monoisotopic (exact) mass is 434 g/mol. The first kappa shape index (κ1) is 20.8. The van der Waals surface area contributed by atoms with Gasteiger partial charge in [-0.2, -0.15) is 0 Å². The van der Waals surface area contributed by atoms with Crippen LogP contribution in [0.5, 0.6) is 0 Å². The van der Waals surface area contributed by atoms with Crippen molar-refractivity contribution < 1.29 is 18.7 Å². The Kier molecular flexibility index (Phi) is 5.49. The summed E-state index contributed by atoms with van der Waals surface area (Å²) in [5, 5.41) is 9.98. The minimum absolute atomic E-state index is 0.00152. The Labute approximate surface area is 185 Å². The highest BCUT2D eigenvalue weighted by atomic mass is 19.1. The summed E-state index contributed by atoms with van der Waals surface area (Å²) in [4.78, 5) is 16.7. The Balaban J connectivity index is 1.36. The van der Waals surface area contributed by atoms with Crippen molar-refractivity contribution in [1.82, 2.24) is 9.80 Å². The predicted molar refractivity (Wildman–Crippen MR) is 118 cm³/mol. The lowest BCUT2D eigenvalue weighted by Gasteiger charge is -2.59. The molecule has 0 spiro atoms. The summed E-state index contributed by atoms with van der Waals surface area (Å²) >= 11 is 0. The Morgan fingerprint density at radius 2 is 1.66 bits per heavy atom. The zero-order valence-electron chi connectivity index (χ0n) is 17.5. The number of carbonyl (C=O) groups is 1. The van der Waals surface area contributed by atoms with Crippen LogP contribution >= 0.6 is 0 Å². The van der Waals surface area contributed by atoms with Gasteiger partial charge in [0.15, 0.2) is 0 Å². The van der Waals surface area contributed by atoms with Crippen LogP contribution < -0.4 is 0 Å². The number of hydrogen-bond acceptors (Lipinski definition) is 3. The van der Waals surface area contributed by atoms with Crippen LogP contribution in [0.4, 0.5) is 8.78 Å². The summed E-state index contributed by atoms with van der Waals surface area (Å²) in [6.45, 7) is 1.43. The van der Waals surface area contributed by atoms with E-state index in [0.29, 0.717) is 18.7 Å². The second-order valence-corrected chi connectivity index (χ2v) is 8.54.